The Balaban J connectivity index is 2.04. The summed E-state index contributed by atoms with van der Waals surface area (Å²) in [6.45, 7) is 0. The molecule has 1 N–H and O–H groups in total. The number of hydrazone groups is 1. The second-order valence-electron chi connectivity index (χ2n) is 6.06. The van der Waals surface area contributed by atoms with Gasteiger partial charge < -0.3 is 4.74 Å². The van der Waals surface area contributed by atoms with Crippen molar-refractivity contribution in [1.29, 1.82) is 0 Å². The zero-order valence-electron chi connectivity index (χ0n) is 15.6. The predicted octanol–water partition coefficient (Wildman–Crippen LogP) is 5.09. The van der Waals surface area contributed by atoms with Gasteiger partial charge in [0.15, 0.2) is 5.75 Å². The maximum absolute atomic E-state index is 12.5. The minimum atomic E-state index is -0.551. The molecule has 3 aromatic rings. The number of hydrogen-bond acceptors (Lipinski definition) is 5. The number of nitro groups is 1. The van der Waals surface area contributed by atoms with E-state index in [1.807, 2.05) is 0 Å². The lowest BCUT2D eigenvalue weighted by molar-refractivity contribution is -0.385. The lowest BCUT2D eigenvalue weighted by Gasteiger charge is -2.10. The van der Waals surface area contributed by atoms with Crippen molar-refractivity contribution < 1.29 is 14.5 Å². The van der Waals surface area contributed by atoms with Crippen molar-refractivity contribution in [3.63, 3.8) is 0 Å². The maximum atomic E-state index is 12.5. The van der Waals surface area contributed by atoms with Crippen LogP contribution in [-0.4, -0.2) is 23.7 Å². The molecule has 152 valence electrons. The van der Waals surface area contributed by atoms with Crippen molar-refractivity contribution in [2.45, 2.75) is 0 Å². The Labute approximate surface area is 182 Å². The lowest BCUT2D eigenvalue weighted by Crippen LogP contribution is -2.20. The van der Waals surface area contributed by atoms with Crippen LogP contribution in [0.2, 0.25) is 10.0 Å². The summed E-state index contributed by atoms with van der Waals surface area (Å²) in [7, 11) is 1.35. The summed E-state index contributed by atoms with van der Waals surface area (Å²) in [5.74, 6) is -0.353. The molecular weight excluding hydrogens is 429 g/mol. The Hall–Kier alpha value is -3.42. The Morgan fingerprint density at radius 3 is 2.27 bits per heavy atom. The SMILES string of the molecule is COc1ccc(C(=NNC(=O)c2ccc(Cl)cc2)c2cccc(Cl)c2)cc1[N+](=O)[O-]. The number of nitrogens with zero attached hydrogens (tertiary/aromatic N) is 2. The Kier molecular flexibility index (Phi) is 6.66. The van der Waals surface area contributed by atoms with Gasteiger partial charge in [-0.15, -0.1) is 0 Å². The van der Waals surface area contributed by atoms with Gasteiger partial charge >= 0.3 is 5.69 Å². The van der Waals surface area contributed by atoms with Crippen molar-refractivity contribution in [2.24, 2.45) is 5.10 Å². The van der Waals surface area contributed by atoms with E-state index in [4.69, 9.17) is 27.9 Å². The molecule has 0 aliphatic rings. The smallest absolute Gasteiger partial charge is 0.311 e. The van der Waals surface area contributed by atoms with Crippen LogP contribution >= 0.6 is 23.2 Å². The van der Waals surface area contributed by atoms with Crippen molar-refractivity contribution >= 4 is 40.5 Å². The topological polar surface area (TPSA) is 93.8 Å². The van der Waals surface area contributed by atoms with Crippen LogP contribution < -0.4 is 10.2 Å². The van der Waals surface area contributed by atoms with E-state index in [1.54, 1.807) is 54.6 Å². The molecule has 9 heteroatoms. The summed E-state index contributed by atoms with van der Waals surface area (Å²) < 4.78 is 5.05. The molecule has 1 amide bonds. The van der Waals surface area contributed by atoms with Gasteiger partial charge in [0.1, 0.15) is 0 Å². The maximum Gasteiger partial charge on any atom is 0.311 e. The van der Waals surface area contributed by atoms with Gasteiger partial charge in [0.05, 0.1) is 17.7 Å². The molecule has 0 heterocycles. The van der Waals surface area contributed by atoms with E-state index < -0.39 is 10.8 Å². The number of carbonyl (C=O) groups is 1. The number of hydrogen-bond donors (Lipinski definition) is 1. The predicted molar refractivity (Wildman–Crippen MR) is 116 cm³/mol. The summed E-state index contributed by atoms with van der Waals surface area (Å²) in [5.41, 5.74) is 3.87. The molecule has 30 heavy (non-hydrogen) atoms. The van der Waals surface area contributed by atoms with Gasteiger partial charge in [-0.2, -0.15) is 5.10 Å². The zero-order chi connectivity index (χ0) is 21.7. The first kappa shape index (κ1) is 21.3. The number of methoxy groups -OCH3 is 1. The van der Waals surface area contributed by atoms with Gasteiger partial charge in [-0.1, -0.05) is 35.3 Å². The highest BCUT2D eigenvalue weighted by Crippen LogP contribution is 2.29. The molecule has 0 saturated heterocycles. The summed E-state index contributed by atoms with van der Waals surface area (Å²) in [6.07, 6.45) is 0. The monoisotopic (exact) mass is 443 g/mol. The van der Waals surface area contributed by atoms with Crippen LogP contribution in [0.4, 0.5) is 5.69 Å². The van der Waals surface area contributed by atoms with Crippen LogP contribution in [0.25, 0.3) is 0 Å². The second-order valence-corrected chi connectivity index (χ2v) is 6.94. The molecule has 0 saturated carbocycles. The average Bonchev–Trinajstić information content (AvgIpc) is 2.74. The molecule has 3 aromatic carbocycles. The van der Waals surface area contributed by atoms with Gasteiger partial charge in [0.2, 0.25) is 0 Å². The molecule has 7 nitrogen and oxygen atoms in total. The Morgan fingerprint density at radius 1 is 0.967 bits per heavy atom. The Bertz CT molecular complexity index is 1130. The summed E-state index contributed by atoms with van der Waals surface area (Å²) in [6, 6.07) is 17.5. The molecule has 0 aromatic heterocycles. The summed E-state index contributed by atoms with van der Waals surface area (Å²) in [4.78, 5) is 23.3. The number of ether oxygens (including phenoxy) is 1. The van der Waals surface area contributed by atoms with E-state index in [0.717, 1.165) is 0 Å². The van der Waals surface area contributed by atoms with Crippen LogP contribution in [0.15, 0.2) is 71.8 Å². The third-order valence-corrected chi connectivity index (χ3v) is 4.61. The molecule has 0 atom stereocenters. The van der Waals surface area contributed by atoms with E-state index in [9.17, 15) is 14.9 Å². The highest BCUT2D eigenvalue weighted by molar-refractivity contribution is 6.31. The van der Waals surface area contributed by atoms with E-state index in [1.165, 1.54) is 19.2 Å². The van der Waals surface area contributed by atoms with Crippen molar-refractivity contribution in [2.75, 3.05) is 7.11 Å². The minimum Gasteiger partial charge on any atom is -0.490 e. The zero-order valence-corrected chi connectivity index (χ0v) is 17.1. The average molecular weight is 444 g/mol. The first-order valence-electron chi connectivity index (χ1n) is 8.61. The largest absolute Gasteiger partial charge is 0.490 e. The molecule has 0 fully saturated rings. The van der Waals surface area contributed by atoms with Crippen LogP contribution in [0, 0.1) is 10.1 Å². The fourth-order valence-electron chi connectivity index (χ4n) is 2.68. The number of halogens is 2. The standard InChI is InChI=1S/C21H15Cl2N3O4/c1-30-19-10-7-15(12-18(19)26(28)29)20(14-3-2-4-17(23)11-14)24-25-21(27)13-5-8-16(22)9-6-13/h2-12H,1H3,(H,25,27). The third-order valence-electron chi connectivity index (χ3n) is 4.12. The number of amides is 1. The molecule has 0 unspecified atom stereocenters. The minimum absolute atomic E-state index is 0.111. The lowest BCUT2D eigenvalue weighted by atomic mass is 10.0. The number of benzene rings is 3. The fraction of sp³-hybridized carbons (Fsp3) is 0.0476. The summed E-state index contributed by atoms with van der Waals surface area (Å²) >= 11 is 11.9. The highest BCUT2D eigenvalue weighted by Gasteiger charge is 2.19. The van der Waals surface area contributed by atoms with Gasteiger partial charge in [0.25, 0.3) is 5.91 Å². The number of nitrogens with one attached hydrogen (secondary N) is 1. The molecule has 0 aliphatic heterocycles. The third kappa shape index (κ3) is 4.94. The molecule has 0 spiro atoms. The molecule has 0 aliphatic carbocycles. The molecule has 3 rings (SSSR count). The van der Waals surface area contributed by atoms with Crippen LogP contribution in [0.5, 0.6) is 5.75 Å². The van der Waals surface area contributed by atoms with E-state index in [2.05, 4.69) is 10.5 Å². The van der Waals surface area contributed by atoms with E-state index in [-0.39, 0.29) is 11.4 Å². The van der Waals surface area contributed by atoms with Gasteiger partial charge in [-0.25, -0.2) is 5.43 Å². The normalized spacial score (nSPS) is 11.1. The summed E-state index contributed by atoms with van der Waals surface area (Å²) in [5, 5.41) is 16.6. The van der Waals surface area contributed by atoms with E-state index >= 15 is 0 Å². The number of carbonyl (C=O) groups excluding carboxylic acids is 1. The van der Waals surface area contributed by atoms with Crippen LogP contribution in [-0.2, 0) is 0 Å². The van der Waals surface area contributed by atoms with Crippen molar-refractivity contribution in [3.8, 4) is 5.75 Å². The number of nitro benzene ring substituents is 1. The highest BCUT2D eigenvalue weighted by atomic mass is 35.5. The number of rotatable bonds is 6. The van der Waals surface area contributed by atoms with Crippen molar-refractivity contribution in [3.05, 3.63) is 104 Å². The first-order valence-corrected chi connectivity index (χ1v) is 9.37. The first-order chi connectivity index (χ1) is 14.4. The van der Waals surface area contributed by atoms with Gasteiger partial charge in [-0.3, -0.25) is 14.9 Å². The Morgan fingerprint density at radius 2 is 1.63 bits per heavy atom. The fourth-order valence-corrected chi connectivity index (χ4v) is 3.00. The van der Waals surface area contributed by atoms with Crippen molar-refractivity contribution in [1.82, 2.24) is 5.43 Å². The molecule has 0 radical (unpaired) electrons. The van der Waals surface area contributed by atoms with Gasteiger partial charge in [0, 0.05) is 32.8 Å². The second kappa shape index (κ2) is 9.39. The van der Waals surface area contributed by atoms with E-state index in [0.29, 0.717) is 32.4 Å². The van der Waals surface area contributed by atoms with Crippen LogP contribution in [0.1, 0.15) is 21.5 Å². The quantitative estimate of drug-likeness (QED) is 0.326. The molecule has 0 bridgehead atoms. The molecular formula is C21H15Cl2N3O4. The van der Waals surface area contributed by atoms with Crippen LogP contribution in [0.3, 0.4) is 0 Å². The van der Waals surface area contributed by atoms with Gasteiger partial charge in [-0.05, 0) is 48.5 Å².